The van der Waals surface area contributed by atoms with Gasteiger partial charge in [0.25, 0.3) is 0 Å². The van der Waals surface area contributed by atoms with E-state index < -0.39 is 0 Å². The molecule has 3 heterocycles. The number of pyridine rings is 1. The number of hydrogen-bond donors (Lipinski definition) is 0. The molecule has 1 aromatic heterocycles. The Bertz CT molecular complexity index is 665. The van der Waals surface area contributed by atoms with Crippen LogP contribution in [0.3, 0.4) is 0 Å². The Labute approximate surface area is 138 Å². The van der Waals surface area contributed by atoms with E-state index in [9.17, 15) is 0 Å². The first kappa shape index (κ1) is 14.9. The zero-order valence-corrected chi connectivity index (χ0v) is 14.2. The molecule has 0 unspecified atom stereocenters. The lowest BCUT2D eigenvalue weighted by Crippen LogP contribution is -2.63. The van der Waals surface area contributed by atoms with Crippen molar-refractivity contribution in [1.82, 2.24) is 14.8 Å². The lowest BCUT2D eigenvalue weighted by Gasteiger charge is -2.49. The summed E-state index contributed by atoms with van der Waals surface area (Å²) < 4.78 is 0. The number of anilines is 1. The number of benzene rings is 1. The first-order valence-electron chi connectivity index (χ1n) is 8.79. The van der Waals surface area contributed by atoms with Crippen molar-refractivity contribution in [3.8, 4) is 0 Å². The van der Waals surface area contributed by atoms with Crippen molar-refractivity contribution in [2.24, 2.45) is 0 Å². The van der Waals surface area contributed by atoms with Gasteiger partial charge in [-0.2, -0.15) is 0 Å². The van der Waals surface area contributed by atoms with Crippen LogP contribution < -0.4 is 4.90 Å². The van der Waals surface area contributed by atoms with Crippen molar-refractivity contribution < 1.29 is 0 Å². The quantitative estimate of drug-likeness (QED) is 0.868. The van der Waals surface area contributed by atoms with Crippen LogP contribution in [0.25, 0.3) is 10.8 Å². The first-order chi connectivity index (χ1) is 11.2. The molecular weight excluding hydrogens is 284 g/mol. The molecule has 122 valence electrons. The van der Waals surface area contributed by atoms with Gasteiger partial charge in [-0.05, 0) is 25.3 Å². The molecule has 0 saturated carbocycles. The minimum absolute atomic E-state index is 0.676. The van der Waals surface area contributed by atoms with E-state index >= 15 is 0 Å². The number of fused-ring (bicyclic) bond motifs is 1. The minimum Gasteiger partial charge on any atom is -0.353 e. The molecule has 2 saturated heterocycles. The molecule has 2 aliphatic heterocycles. The number of nitrogens with zero attached hydrogens (tertiary/aromatic N) is 4. The third kappa shape index (κ3) is 2.81. The standard InChI is InChI=1S/C19H26N4/c1-15(2)21-9-11-22(12-10-21)17-13-23(14-17)19-18-6-4-3-5-16(18)7-8-20-19/h3-8,15,17H,9-14H2,1-2H3. The molecule has 0 bridgehead atoms. The van der Waals surface area contributed by atoms with Crippen LogP contribution in [0.1, 0.15) is 13.8 Å². The molecule has 0 amide bonds. The van der Waals surface area contributed by atoms with E-state index in [-0.39, 0.29) is 0 Å². The number of hydrogen-bond acceptors (Lipinski definition) is 4. The molecule has 0 N–H and O–H groups in total. The monoisotopic (exact) mass is 310 g/mol. The van der Waals surface area contributed by atoms with E-state index in [1.807, 2.05) is 6.20 Å². The van der Waals surface area contributed by atoms with Gasteiger partial charge in [0.15, 0.2) is 0 Å². The second-order valence-corrected chi connectivity index (χ2v) is 7.08. The molecule has 0 radical (unpaired) electrons. The molecular formula is C19H26N4. The summed E-state index contributed by atoms with van der Waals surface area (Å²) >= 11 is 0. The summed E-state index contributed by atoms with van der Waals surface area (Å²) in [4.78, 5) is 12.3. The highest BCUT2D eigenvalue weighted by Crippen LogP contribution is 2.29. The Morgan fingerprint density at radius 1 is 1.00 bits per heavy atom. The second kappa shape index (κ2) is 6.10. The summed E-state index contributed by atoms with van der Waals surface area (Å²) in [7, 11) is 0. The van der Waals surface area contributed by atoms with Gasteiger partial charge in [-0.1, -0.05) is 24.3 Å². The summed E-state index contributed by atoms with van der Waals surface area (Å²) in [6.45, 7) is 11.7. The predicted octanol–water partition coefficient (Wildman–Crippen LogP) is 2.45. The molecule has 0 spiro atoms. The van der Waals surface area contributed by atoms with E-state index in [1.54, 1.807) is 0 Å². The summed E-state index contributed by atoms with van der Waals surface area (Å²) in [6, 6.07) is 12.0. The van der Waals surface area contributed by atoms with Crippen LogP contribution in [0.4, 0.5) is 5.82 Å². The predicted molar refractivity (Wildman–Crippen MR) is 96.0 cm³/mol. The fourth-order valence-corrected chi connectivity index (χ4v) is 3.83. The van der Waals surface area contributed by atoms with Crippen molar-refractivity contribution >= 4 is 16.6 Å². The van der Waals surface area contributed by atoms with Crippen molar-refractivity contribution in [3.63, 3.8) is 0 Å². The molecule has 23 heavy (non-hydrogen) atoms. The normalized spacial score (nSPS) is 21.1. The SMILES string of the molecule is CC(C)N1CCN(C2CN(c3nccc4ccccc34)C2)CC1. The van der Waals surface area contributed by atoms with Crippen LogP contribution in [0.15, 0.2) is 36.5 Å². The third-order valence-electron chi connectivity index (χ3n) is 5.41. The molecule has 0 atom stereocenters. The Kier molecular flexibility index (Phi) is 3.95. The van der Waals surface area contributed by atoms with Crippen LogP contribution in [-0.2, 0) is 0 Å². The van der Waals surface area contributed by atoms with Gasteiger partial charge in [0, 0.05) is 62.9 Å². The van der Waals surface area contributed by atoms with E-state index in [0.717, 1.165) is 18.9 Å². The Balaban J connectivity index is 1.40. The van der Waals surface area contributed by atoms with Crippen molar-refractivity contribution in [1.29, 1.82) is 0 Å². The van der Waals surface area contributed by atoms with E-state index in [1.165, 1.54) is 37.0 Å². The Hall–Kier alpha value is -1.65. The van der Waals surface area contributed by atoms with Gasteiger partial charge >= 0.3 is 0 Å². The van der Waals surface area contributed by atoms with E-state index in [2.05, 4.69) is 63.9 Å². The Morgan fingerprint density at radius 2 is 1.74 bits per heavy atom. The van der Waals surface area contributed by atoms with Gasteiger partial charge in [-0.15, -0.1) is 0 Å². The molecule has 2 aliphatic rings. The minimum atomic E-state index is 0.676. The van der Waals surface area contributed by atoms with Gasteiger partial charge < -0.3 is 4.90 Å². The van der Waals surface area contributed by atoms with Crippen LogP contribution in [0, 0.1) is 0 Å². The molecule has 4 nitrogen and oxygen atoms in total. The van der Waals surface area contributed by atoms with Gasteiger partial charge in [-0.3, -0.25) is 9.80 Å². The van der Waals surface area contributed by atoms with Crippen LogP contribution in [0.2, 0.25) is 0 Å². The Morgan fingerprint density at radius 3 is 2.48 bits per heavy atom. The summed E-state index contributed by atoms with van der Waals surface area (Å²) in [5, 5.41) is 2.56. The third-order valence-corrected chi connectivity index (χ3v) is 5.41. The lowest BCUT2D eigenvalue weighted by molar-refractivity contribution is 0.0677. The maximum Gasteiger partial charge on any atom is 0.136 e. The highest BCUT2D eigenvalue weighted by Gasteiger charge is 2.34. The van der Waals surface area contributed by atoms with Crippen molar-refractivity contribution in [2.45, 2.75) is 25.9 Å². The van der Waals surface area contributed by atoms with Crippen LogP contribution in [0.5, 0.6) is 0 Å². The fraction of sp³-hybridized carbons (Fsp3) is 0.526. The zero-order valence-electron chi connectivity index (χ0n) is 14.2. The molecule has 1 aromatic carbocycles. The smallest absolute Gasteiger partial charge is 0.136 e. The molecule has 4 rings (SSSR count). The van der Waals surface area contributed by atoms with Gasteiger partial charge in [-0.25, -0.2) is 4.98 Å². The second-order valence-electron chi connectivity index (χ2n) is 7.08. The average molecular weight is 310 g/mol. The highest BCUT2D eigenvalue weighted by molar-refractivity contribution is 5.92. The molecule has 2 fully saturated rings. The number of aromatic nitrogens is 1. The topological polar surface area (TPSA) is 22.6 Å². The lowest BCUT2D eigenvalue weighted by atomic mass is 10.0. The summed E-state index contributed by atoms with van der Waals surface area (Å²) in [5.74, 6) is 1.15. The molecule has 2 aromatic rings. The van der Waals surface area contributed by atoms with Gasteiger partial charge in [0.1, 0.15) is 5.82 Å². The van der Waals surface area contributed by atoms with Crippen molar-refractivity contribution in [2.75, 3.05) is 44.2 Å². The van der Waals surface area contributed by atoms with Gasteiger partial charge in [0.05, 0.1) is 0 Å². The maximum atomic E-state index is 4.64. The first-order valence-corrected chi connectivity index (χ1v) is 8.79. The molecule has 0 aliphatic carbocycles. The summed E-state index contributed by atoms with van der Waals surface area (Å²) in [6.07, 6.45) is 1.94. The van der Waals surface area contributed by atoms with E-state index in [0.29, 0.717) is 12.1 Å². The van der Waals surface area contributed by atoms with Crippen molar-refractivity contribution in [3.05, 3.63) is 36.5 Å². The van der Waals surface area contributed by atoms with Crippen LogP contribution in [-0.4, -0.2) is 66.1 Å². The average Bonchev–Trinajstić information content (AvgIpc) is 2.54. The van der Waals surface area contributed by atoms with Crippen LogP contribution >= 0.6 is 0 Å². The largest absolute Gasteiger partial charge is 0.353 e. The summed E-state index contributed by atoms with van der Waals surface area (Å²) in [5.41, 5.74) is 0. The zero-order chi connectivity index (χ0) is 15.8. The van der Waals surface area contributed by atoms with Gasteiger partial charge in [0.2, 0.25) is 0 Å². The van der Waals surface area contributed by atoms with E-state index in [4.69, 9.17) is 0 Å². The number of piperazine rings is 1. The highest BCUT2D eigenvalue weighted by atomic mass is 15.4. The fourth-order valence-electron chi connectivity index (χ4n) is 3.83. The number of rotatable bonds is 3. The molecule has 4 heteroatoms. The maximum absolute atomic E-state index is 4.64.